The molecule has 0 saturated heterocycles. The van der Waals surface area contributed by atoms with Crippen LogP contribution < -0.4 is 5.32 Å². The van der Waals surface area contributed by atoms with Crippen molar-refractivity contribution in [1.82, 2.24) is 10.3 Å². The van der Waals surface area contributed by atoms with E-state index in [1.165, 1.54) is 6.39 Å². The van der Waals surface area contributed by atoms with Gasteiger partial charge in [-0.2, -0.15) is 5.26 Å². The van der Waals surface area contributed by atoms with Gasteiger partial charge in [-0.3, -0.25) is 4.79 Å². The van der Waals surface area contributed by atoms with Gasteiger partial charge in [0.15, 0.2) is 6.39 Å². The summed E-state index contributed by atoms with van der Waals surface area (Å²) in [5.41, 5.74) is 0.528. The first-order valence-corrected chi connectivity index (χ1v) is 4.79. The molecule has 1 amide bonds. The molecule has 15 heavy (non-hydrogen) atoms. The topological polar surface area (TPSA) is 78.9 Å². The normalized spacial score (nSPS) is 11.8. The molecule has 1 atom stereocenters. The standard InChI is InChI=1S/C10H13N3O2/c1-3-4-8(5-11)13-10(14)9-7(2)12-6-15-9/h6,8H,3-4H2,1-2H3,(H,13,14). The molecule has 5 heteroatoms. The zero-order valence-electron chi connectivity index (χ0n) is 8.78. The van der Waals surface area contributed by atoms with Crippen molar-refractivity contribution in [2.45, 2.75) is 32.7 Å². The number of oxazole rings is 1. The number of nitrogens with one attached hydrogen (secondary N) is 1. The molecule has 0 aliphatic rings. The molecule has 0 aliphatic heterocycles. The van der Waals surface area contributed by atoms with Gasteiger partial charge in [-0.25, -0.2) is 4.98 Å². The minimum absolute atomic E-state index is 0.173. The van der Waals surface area contributed by atoms with E-state index in [2.05, 4.69) is 10.3 Å². The molecule has 80 valence electrons. The van der Waals surface area contributed by atoms with Crippen LogP contribution in [0.3, 0.4) is 0 Å². The lowest BCUT2D eigenvalue weighted by atomic mass is 10.2. The smallest absolute Gasteiger partial charge is 0.290 e. The lowest BCUT2D eigenvalue weighted by Crippen LogP contribution is -2.33. The first-order chi connectivity index (χ1) is 7.19. The molecule has 1 aromatic rings. The maximum atomic E-state index is 11.6. The fourth-order valence-electron chi connectivity index (χ4n) is 1.20. The van der Waals surface area contributed by atoms with Gasteiger partial charge in [0.1, 0.15) is 6.04 Å². The molecule has 5 nitrogen and oxygen atoms in total. The van der Waals surface area contributed by atoms with Gasteiger partial charge in [-0.1, -0.05) is 13.3 Å². The molecule has 1 rings (SSSR count). The SMILES string of the molecule is CCCC(C#N)NC(=O)c1ocnc1C. The Morgan fingerprint density at radius 1 is 1.80 bits per heavy atom. The molecule has 0 radical (unpaired) electrons. The summed E-state index contributed by atoms with van der Waals surface area (Å²) in [5, 5.41) is 11.3. The van der Waals surface area contributed by atoms with Crippen molar-refractivity contribution in [3.8, 4) is 6.07 Å². The second-order valence-corrected chi connectivity index (χ2v) is 3.21. The number of aromatic nitrogens is 1. The van der Waals surface area contributed by atoms with E-state index < -0.39 is 6.04 Å². The lowest BCUT2D eigenvalue weighted by Gasteiger charge is -2.08. The second-order valence-electron chi connectivity index (χ2n) is 3.21. The average Bonchev–Trinajstić information content (AvgIpc) is 2.63. The van der Waals surface area contributed by atoms with Crippen LogP contribution in [0.4, 0.5) is 0 Å². The third kappa shape index (κ3) is 2.81. The molecule has 1 N–H and O–H groups in total. The van der Waals surface area contributed by atoms with E-state index in [4.69, 9.17) is 9.68 Å². The van der Waals surface area contributed by atoms with Gasteiger partial charge >= 0.3 is 0 Å². The zero-order chi connectivity index (χ0) is 11.3. The highest BCUT2D eigenvalue weighted by Crippen LogP contribution is 2.05. The van der Waals surface area contributed by atoms with Crippen molar-refractivity contribution >= 4 is 5.91 Å². The lowest BCUT2D eigenvalue weighted by molar-refractivity contribution is 0.0915. The van der Waals surface area contributed by atoms with E-state index in [1.54, 1.807) is 6.92 Å². The van der Waals surface area contributed by atoms with Gasteiger partial charge in [0.25, 0.3) is 5.91 Å². The number of aryl methyl sites for hydroxylation is 1. The van der Waals surface area contributed by atoms with Gasteiger partial charge < -0.3 is 9.73 Å². The number of hydrogen-bond acceptors (Lipinski definition) is 4. The Morgan fingerprint density at radius 2 is 2.53 bits per heavy atom. The fraction of sp³-hybridized carbons (Fsp3) is 0.500. The van der Waals surface area contributed by atoms with Gasteiger partial charge in [-0.05, 0) is 13.3 Å². The summed E-state index contributed by atoms with van der Waals surface area (Å²) in [5.74, 6) is -0.212. The van der Waals surface area contributed by atoms with E-state index >= 15 is 0 Å². The Balaban J connectivity index is 2.64. The first kappa shape index (κ1) is 11.2. The average molecular weight is 207 g/mol. The van der Waals surface area contributed by atoms with Crippen LogP contribution in [0.15, 0.2) is 10.8 Å². The second kappa shape index (κ2) is 5.15. The Kier molecular flexibility index (Phi) is 3.86. The quantitative estimate of drug-likeness (QED) is 0.809. The Morgan fingerprint density at radius 3 is 3.00 bits per heavy atom. The predicted molar refractivity (Wildman–Crippen MR) is 53.0 cm³/mol. The summed E-state index contributed by atoms with van der Waals surface area (Å²) in [6, 6.07) is 1.56. The molecular weight excluding hydrogens is 194 g/mol. The van der Waals surface area contributed by atoms with Crippen LogP contribution in [0, 0.1) is 18.3 Å². The van der Waals surface area contributed by atoms with Crippen molar-refractivity contribution in [3.63, 3.8) is 0 Å². The Labute approximate surface area is 88.1 Å². The number of rotatable bonds is 4. The van der Waals surface area contributed by atoms with E-state index in [-0.39, 0.29) is 11.7 Å². The minimum Gasteiger partial charge on any atom is -0.438 e. The Hall–Kier alpha value is -1.83. The number of nitrogens with zero attached hydrogens (tertiary/aromatic N) is 2. The summed E-state index contributed by atoms with van der Waals surface area (Å²) in [4.78, 5) is 15.4. The van der Waals surface area contributed by atoms with Crippen molar-refractivity contribution < 1.29 is 9.21 Å². The summed E-state index contributed by atoms with van der Waals surface area (Å²) in [6.07, 6.45) is 2.69. The molecule has 1 aromatic heterocycles. The van der Waals surface area contributed by atoms with E-state index in [0.29, 0.717) is 12.1 Å². The molecule has 0 bridgehead atoms. The molecule has 0 spiro atoms. The minimum atomic E-state index is -0.466. The van der Waals surface area contributed by atoms with Crippen LogP contribution in [-0.2, 0) is 0 Å². The predicted octanol–water partition coefficient (Wildman–Crippen LogP) is 1.41. The molecule has 0 aliphatic carbocycles. The number of amides is 1. The highest BCUT2D eigenvalue weighted by Gasteiger charge is 2.17. The first-order valence-electron chi connectivity index (χ1n) is 4.79. The van der Waals surface area contributed by atoms with Crippen LogP contribution in [0.25, 0.3) is 0 Å². The largest absolute Gasteiger partial charge is 0.438 e. The maximum absolute atomic E-state index is 11.6. The van der Waals surface area contributed by atoms with Crippen LogP contribution in [0.5, 0.6) is 0 Å². The summed E-state index contributed by atoms with van der Waals surface area (Å²) in [7, 11) is 0. The molecule has 1 heterocycles. The molecule has 0 saturated carbocycles. The van der Waals surface area contributed by atoms with E-state index in [9.17, 15) is 4.79 Å². The van der Waals surface area contributed by atoms with Crippen molar-refractivity contribution in [2.24, 2.45) is 0 Å². The van der Waals surface area contributed by atoms with Gasteiger partial charge in [0.05, 0.1) is 11.8 Å². The van der Waals surface area contributed by atoms with Gasteiger partial charge in [-0.15, -0.1) is 0 Å². The Bertz CT molecular complexity index is 378. The summed E-state index contributed by atoms with van der Waals surface area (Å²) >= 11 is 0. The summed E-state index contributed by atoms with van der Waals surface area (Å²) < 4.78 is 4.92. The van der Waals surface area contributed by atoms with Gasteiger partial charge in [0.2, 0.25) is 5.76 Å². The van der Waals surface area contributed by atoms with Crippen LogP contribution in [-0.4, -0.2) is 16.9 Å². The number of hydrogen-bond donors (Lipinski definition) is 1. The van der Waals surface area contributed by atoms with Crippen molar-refractivity contribution in [3.05, 3.63) is 17.8 Å². The van der Waals surface area contributed by atoms with Gasteiger partial charge in [0, 0.05) is 0 Å². The molecular formula is C10H13N3O2. The van der Waals surface area contributed by atoms with Crippen LogP contribution >= 0.6 is 0 Å². The highest BCUT2D eigenvalue weighted by molar-refractivity contribution is 5.92. The molecule has 1 unspecified atom stereocenters. The third-order valence-corrected chi connectivity index (χ3v) is 1.99. The number of nitriles is 1. The monoisotopic (exact) mass is 207 g/mol. The van der Waals surface area contributed by atoms with Crippen molar-refractivity contribution in [1.29, 1.82) is 5.26 Å². The summed E-state index contributed by atoms with van der Waals surface area (Å²) in [6.45, 7) is 3.63. The highest BCUT2D eigenvalue weighted by atomic mass is 16.3. The fourth-order valence-corrected chi connectivity index (χ4v) is 1.20. The number of carbonyl (C=O) groups excluding carboxylic acids is 1. The third-order valence-electron chi connectivity index (χ3n) is 1.99. The van der Waals surface area contributed by atoms with Crippen LogP contribution in [0.1, 0.15) is 36.0 Å². The van der Waals surface area contributed by atoms with E-state index in [1.807, 2.05) is 13.0 Å². The molecule has 0 aromatic carbocycles. The maximum Gasteiger partial charge on any atom is 0.290 e. The zero-order valence-corrected chi connectivity index (χ0v) is 8.78. The van der Waals surface area contributed by atoms with Crippen molar-refractivity contribution in [2.75, 3.05) is 0 Å². The van der Waals surface area contributed by atoms with Crippen LogP contribution in [0.2, 0.25) is 0 Å². The van der Waals surface area contributed by atoms with E-state index in [0.717, 1.165) is 6.42 Å². The number of carbonyl (C=O) groups is 1. The molecule has 0 fully saturated rings.